The molecule has 2 fully saturated rings. The standard InChI is InChI=1S/C21H25FN4O3.HI/c1-23-21(25-11-12-3-6-16(29-2)15(22)9-12)24-7-8-26-19(27)17-13-4-5-14(10-13)18(17)20(26)28;/h3-6,9,13-14,17-18H,7-8,10-11H2,1-2H3,(H2,23,24,25);1H. The molecule has 1 aromatic carbocycles. The second kappa shape index (κ2) is 9.32. The first-order chi connectivity index (χ1) is 14.0. The Labute approximate surface area is 192 Å². The Morgan fingerprint density at radius 1 is 1.20 bits per heavy atom. The van der Waals surface area contributed by atoms with Gasteiger partial charge in [-0.3, -0.25) is 19.5 Å². The van der Waals surface area contributed by atoms with E-state index in [1.54, 1.807) is 19.2 Å². The topological polar surface area (TPSA) is 83.0 Å². The molecule has 7 nitrogen and oxygen atoms in total. The first-order valence-electron chi connectivity index (χ1n) is 9.84. The third-order valence-electron chi connectivity index (χ3n) is 6.09. The number of nitrogens with one attached hydrogen (secondary N) is 2. The summed E-state index contributed by atoms with van der Waals surface area (Å²) in [7, 11) is 3.05. The zero-order valence-corrected chi connectivity index (χ0v) is 19.3. The van der Waals surface area contributed by atoms with Crippen LogP contribution in [0, 0.1) is 29.5 Å². The lowest BCUT2D eigenvalue weighted by Gasteiger charge is -2.18. The molecule has 0 radical (unpaired) electrons. The minimum absolute atomic E-state index is 0. The van der Waals surface area contributed by atoms with Crippen molar-refractivity contribution in [2.75, 3.05) is 27.2 Å². The van der Waals surface area contributed by atoms with E-state index >= 15 is 0 Å². The van der Waals surface area contributed by atoms with Gasteiger partial charge in [0.25, 0.3) is 0 Å². The Kier molecular flexibility index (Phi) is 6.99. The monoisotopic (exact) mass is 528 g/mol. The van der Waals surface area contributed by atoms with Crippen molar-refractivity contribution in [1.82, 2.24) is 15.5 Å². The van der Waals surface area contributed by atoms with Crippen LogP contribution in [0.3, 0.4) is 0 Å². The highest BCUT2D eigenvalue weighted by atomic mass is 127. The second-order valence-corrected chi connectivity index (χ2v) is 7.65. The minimum atomic E-state index is -0.421. The third-order valence-corrected chi connectivity index (χ3v) is 6.09. The van der Waals surface area contributed by atoms with Crippen molar-refractivity contribution in [1.29, 1.82) is 0 Å². The van der Waals surface area contributed by atoms with Crippen LogP contribution in [0.4, 0.5) is 4.39 Å². The zero-order chi connectivity index (χ0) is 20.5. The third kappa shape index (κ3) is 4.03. The maximum Gasteiger partial charge on any atom is 0.233 e. The smallest absolute Gasteiger partial charge is 0.233 e. The number of nitrogens with zero attached hydrogens (tertiary/aromatic N) is 2. The summed E-state index contributed by atoms with van der Waals surface area (Å²) in [6.45, 7) is 1.08. The van der Waals surface area contributed by atoms with Crippen LogP contribution in [-0.2, 0) is 16.1 Å². The van der Waals surface area contributed by atoms with Gasteiger partial charge in [-0.2, -0.15) is 0 Å². The van der Waals surface area contributed by atoms with E-state index in [1.807, 2.05) is 0 Å². The molecule has 1 aliphatic heterocycles. The summed E-state index contributed by atoms with van der Waals surface area (Å²) in [4.78, 5) is 30.9. The van der Waals surface area contributed by atoms with Gasteiger partial charge in [-0.25, -0.2) is 4.39 Å². The largest absolute Gasteiger partial charge is 0.494 e. The lowest BCUT2D eigenvalue weighted by Crippen LogP contribution is -2.43. The van der Waals surface area contributed by atoms with Gasteiger partial charge in [0.1, 0.15) is 0 Å². The van der Waals surface area contributed by atoms with E-state index < -0.39 is 5.82 Å². The van der Waals surface area contributed by atoms with Crippen molar-refractivity contribution in [3.8, 4) is 5.75 Å². The van der Waals surface area contributed by atoms with Gasteiger partial charge in [0, 0.05) is 26.7 Å². The number of likely N-dealkylation sites (tertiary alicyclic amines) is 1. The summed E-state index contributed by atoms with van der Waals surface area (Å²) in [6.07, 6.45) is 5.11. The van der Waals surface area contributed by atoms with E-state index in [-0.39, 0.29) is 65.2 Å². The average molecular weight is 528 g/mol. The maximum absolute atomic E-state index is 13.8. The quantitative estimate of drug-likeness (QED) is 0.194. The number of allylic oxidation sites excluding steroid dienone is 2. The number of imide groups is 1. The van der Waals surface area contributed by atoms with Crippen LogP contribution in [0.2, 0.25) is 0 Å². The van der Waals surface area contributed by atoms with Crippen LogP contribution in [0.15, 0.2) is 35.3 Å². The van der Waals surface area contributed by atoms with Crippen molar-refractivity contribution >= 4 is 41.8 Å². The molecule has 1 saturated carbocycles. The molecule has 9 heteroatoms. The highest BCUT2D eigenvalue weighted by molar-refractivity contribution is 14.0. The summed E-state index contributed by atoms with van der Waals surface area (Å²) in [6, 6.07) is 4.75. The summed E-state index contributed by atoms with van der Waals surface area (Å²) < 4.78 is 18.7. The van der Waals surface area contributed by atoms with Crippen LogP contribution in [0.25, 0.3) is 0 Å². The van der Waals surface area contributed by atoms with Gasteiger partial charge in [-0.05, 0) is 36.0 Å². The number of hydrogen-bond donors (Lipinski definition) is 2. The van der Waals surface area contributed by atoms with E-state index in [0.717, 1.165) is 12.0 Å². The Balaban J connectivity index is 0.00000256. The Bertz CT molecular complexity index is 861. The Hall–Kier alpha value is -2.17. The molecule has 162 valence electrons. The van der Waals surface area contributed by atoms with Gasteiger partial charge < -0.3 is 15.4 Å². The van der Waals surface area contributed by atoms with Crippen LogP contribution >= 0.6 is 24.0 Å². The number of fused-ring (bicyclic) bond motifs is 5. The number of ether oxygens (including phenoxy) is 1. The van der Waals surface area contributed by atoms with Crippen LogP contribution in [0.5, 0.6) is 5.75 Å². The Morgan fingerprint density at radius 2 is 1.87 bits per heavy atom. The molecule has 2 amide bonds. The molecule has 2 aliphatic carbocycles. The molecule has 3 aliphatic rings. The fourth-order valence-electron chi connectivity index (χ4n) is 4.70. The molecular formula is C21H26FIN4O3. The van der Waals surface area contributed by atoms with Crippen molar-refractivity contribution in [2.24, 2.45) is 28.7 Å². The molecule has 0 spiro atoms. The van der Waals surface area contributed by atoms with E-state index in [1.165, 1.54) is 18.1 Å². The molecule has 4 atom stereocenters. The fourth-order valence-corrected chi connectivity index (χ4v) is 4.70. The van der Waals surface area contributed by atoms with Crippen molar-refractivity contribution < 1.29 is 18.7 Å². The number of amides is 2. The molecule has 4 unspecified atom stereocenters. The number of carbonyl (C=O) groups excluding carboxylic acids is 2. The Morgan fingerprint density at radius 3 is 2.43 bits per heavy atom. The van der Waals surface area contributed by atoms with Gasteiger partial charge in [-0.1, -0.05) is 18.2 Å². The maximum atomic E-state index is 13.8. The predicted octanol–water partition coefficient (Wildman–Crippen LogP) is 1.92. The molecule has 30 heavy (non-hydrogen) atoms. The molecule has 2 N–H and O–H groups in total. The summed E-state index contributed by atoms with van der Waals surface area (Å²) in [5.74, 6) is 0.310. The number of guanidine groups is 1. The highest BCUT2D eigenvalue weighted by Gasteiger charge is 2.58. The highest BCUT2D eigenvalue weighted by Crippen LogP contribution is 2.52. The lowest BCUT2D eigenvalue weighted by atomic mass is 9.85. The van der Waals surface area contributed by atoms with Crippen LogP contribution < -0.4 is 15.4 Å². The fraction of sp³-hybridized carbons (Fsp3) is 0.476. The van der Waals surface area contributed by atoms with Crippen molar-refractivity contribution in [3.05, 3.63) is 41.7 Å². The van der Waals surface area contributed by atoms with Gasteiger partial charge in [0.15, 0.2) is 17.5 Å². The number of methoxy groups -OCH3 is 1. The van der Waals surface area contributed by atoms with E-state index in [4.69, 9.17) is 4.74 Å². The summed E-state index contributed by atoms with van der Waals surface area (Å²) >= 11 is 0. The molecule has 4 rings (SSSR count). The van der Waals surface area contributed by atoms with E-state index in [2.05, 4.69) is 27.8 Å². The van der Waals surface area contributed by atoms with Gasteiger partial charge >= 0.3 is 0 Å². The van der Waals surface area contributed by atoms with E-state index in [9.17, 15) is 14.0 Å². The number of rotatable bonds is 6. The van der Waals surface area contributed by atoms with Crippen molar-refractivity contribution in [2.45, 2.75) is 13.0 Å². The van der Waals surface area contributed by atoms with Gasteiger partial charge in [0.05, 0.1) is 18.9 Å². The van der Waals surface area contributed by atoms with Gasteiger partial charge in [0.2, 0.25) is 11.8 Å². The zero-order valence-electron chi connectivity index (χ0n) is 16.9. The van der Waals surface area contributed by atoms with Crippen LogP contribution in [0.1, 0.15) is 12.0 Å². The summed E-state index contributed by atoms with van der Waals surface area (Å²) in [5.41, 5.74) is 0.743. The lowest BCUT2D eigenvalue weighted by molar-refractivity contribution is -0.140. The number of halogens is 2. The van der Waals surface area contributed by atoms with Crippen molar-refractivity contribution in [3.63, 3.8) is 0 Å². The predicted molar refractivity (Wildman–Crippen MR) is 121 cm³/mol. The molecule has 1 heterocycles. The summed E-state index contributed by atoms with van der Waals surface area (Å²) in [5, 5.41) is 6.20. The first kappa shape index (κ1) is 22.5. The number of benzene rings is 1. The first-order valence-corrected chi connectivity index (χ1v) is 9.84. The SMILES string of the molecule is CN=C(NCCN1C(=O)C2C3C=CC(C3)C2C1=O)NCc1ccc(OC)c(F)c1.I. The number of hydrogen-bond acceptors (Lipinski definition) is 4. The molecular weight excluding hydrogens is 502 g/mol. The van der Waals surface area contributed by atoms with E-state index in [0.29, 0.717) is 25.6 Å². The molecule has 0 aromatic heterocycles. The number of carbonyl (C=O) groups is 2. The van der Waals surface area contributed by atoms with Crippen LogP contribution in [-0.4, -0.2) is 49.9 Å². The molecule has 1 aromatic rings. The second-order valence-electron chi connectivity index (χ2n) is 7.65. The molecule has 1 saturated heterocycles. The minimum Gasteiger partial charge on any atom is -0.494 e. The van der Waals surface area contributed by atoms with Gasteiger partial charge in [-0.15, -0.1) is 24.0 Å². The molecule has 2 bridgehead atoms. The average Bonchev–Trinajstić information content (AvgIpc) is 3.40. The number of aliphatic imine (C=N–C) groups is 1. The normalized spacial score (nSPS) is 26.6.